The van der Waals surface area contributed by atoms with Crippen LogP contribution in [0, 0.1) is 0 Å². The van der Waals surface area contributed by atoms with Crippen molar-refractivity contribution in [1.82, 2.24) is 10.3 Å². The lowest BCUT2D eigenvalue weighted by molar-refractivity contribution is -0.129. The Balaban J connectivity index is 1.65. The summed E-state index contributed by atoms with van der Waals surface area (Å²) in [5.41, 5.74) is 0.613. The van der Waals surface area contributed by atoms with E-state index in [1.165, 1.54) is 0 Å². The first-order chi connectivity index (χ1) is 9.77. The Kier molecular flexibility index (Phi) is 6.04. The van der Waals surface area contributed by atoms with Crippen molar-refractivity contribution in [2.45, 2.75) is 16.9 Å². The van der Waals surface area contributed by atoms with Crippen LogP contribution in [0.15, 0.2) is 46.2 Å². The molecule has 0 saturated carbocycles. The summed E-state index contributed by atoms with van der Waals surface area (Å²) < 4.78 is 1.04. The van der Waals surface area contributed by atoms with Crippen molar-refractivity contribution in [2.24, 2.45) is 0 Å². The van der Waals surface area contributed by atoms with Gasteiger partial charge in [-0.25, -0.2) is 4.98 Å². The number of carbonyl (C=O) groups excluding carboxylic acids is 1. The van der Waals surface area contributed by atoms with E-state index in [2.05, 4.69) is 10.3 Å². The first-order valence-electron chi connectivity index (χ1n) is 6.30. The molecule has 1 amide bonds. The molecular weight excluding hydrogens is 292 g/mol. The first kappa shape index (κ1) is 15.0. The van der Waals surface area contributed by atoms with E-state index in [1.807, 2.05) is 11.4 Å². The molecule has 1 aromatic carbocycles. The molecule has 0 aliphatic heterocycles. The fourth-order valence-corrected chi connectivity index (χ4v) is 3.26. The summed E-state index contributed by atoms with van der Waals surface area (Å²) >= 11 is 3.29. The van der Waals surface area contributed by atoms with Crippen molar-refractivity contribution in [3.8, 4) is 0 Å². The van der Waals surface area contributed by atoms with E-state index >= 15 is 0 Å². The van der Waals surface area contributed by atoms with Gasteiger partial charge >= 0.3 is 0 Å². The minimum absolute atomic E-state index is 0.351. The quantitative estimate of drug-likeness (QED) is 0.609. The fourth-order valence-electron chi connectivity index (χ4n) is 1.61. The van der Waals surface area contributed by atoms with Crippen molar-refractivity contribution in [3.05, 3.63) is 47.5 Å². The van der Waals surface area contributed by atoms with E-state index in [4.69, 9.17) is 0 Å². The Morgan fingerprint density at radius 1 is 1.40 bits per heavy atom. The van der Waals surface area contributed by atoms with E-state index in [9.17, 15) is 9.90 Å². The van der Waals surface area contributed by atoms with Gasteiger partial charge in [0.2, 0.25) is 0 Å². The molecule has 0 fully saturated rings. The molecule has 6 heteroatoms. The van der Waals surface area contributed by atoms with Crippen LogP contribution in [-0.2, 0) is 4.79 Å². The fraction of sp³-hybridized carbons (Fsp3) is 0.286. The average Bonchev–Trinajstić information content (AvgIpc) is 3.00. The van der Waals surface area contributed by atoms with E-state index in [-0.39, 0.29) is 5.91 Å². The maximum absolute atomic E-state index is 11.8. The minimum Gasteiger partial charge on any atom is -0.378 e. The summed E-state index contributed by atoms with van der Waals surface area (Å²) in [4.78, 5) is 15.9. The zero-order valence-corrected chi connectivity index (χ0v) is 12.5. The molecular formula is C14H16N2O2S2. The van der Waals surface area contributed by atoms with Crippen molar-refractivity contribution < 1.29 is 9.90 Å². The maximum Gasteiger partial charge on any atom is 0.253 e. The molecule has 2 N–H and O–H groups in total. The van der Waals surface area contributed by atoms with E-state index in [0.29, 0.717) is 12.1 Å². The third-order valence-corrected chi connectivity index (χ3v) is 4.67. The summed E-state index contributed by atoms with van der Waals surface area (Å²) in [7, 11) is 0. The summed E-state index contributed by atoms with van der Waals surface area (Å²) in [5.74, 6) is 0.547. The minimum atomic E-state index is -1.09. The van der Waals surface area contributed by atoms with Gasteiger partial charge in [0.15, 0.2) is 6.10 Å². The molecule has 0 aliphatic carbocycles. The summed E-state index contributed by atoms with van der Waals surface area (Å²) in [6.45, 7) is 0.557. The van der Waals surface area contributed by atoms with Crippen molar-refractivity contribution >= 4 is 29.0 Å². The number of carbonyl (C=O) groups is 1. The van der Waals surface area contributed by atoms with Crippen molar-refractivity contribution in [1.29, 1.82) is 0 Å². The van der Waals surface area contributed by atoms with Crippen LogP contribution in [0.3, 0.4) is 0 Å². The molecule has 20 heavy (non-hydrogen) atoms. The van der Waals surface area contributed by atoms with E-state index < -0.39 is 6.10 Å². The average molecular weight is 308 g/mol. The number of benzene rings is 1. The van der Waals surface area contributed by atoms with Crippen molar-refractivity contribution in [3.63, 3.8) is 0 Å². The Labute approximate surface area is 126 Å². The smallest absolute Gasteiger partial charge is 0.253 e. The molecule has 1 unspecified atom stereocenters. The van der Waals surface area contributed by atoms with Gasteiger partial charge in [-0.05, 0) is 12.0 Å². The van der Waals surface area contributed by atoms with Gasteiger partial charge in [-0.1, -0.05) is 42.1 Å². The van der Waals surface area contributed by atoms with Crippen LogP contribution in [0.1, 0.15) is 18.1 Å². The molecule has 1 aromatic heterocycles. The lowest BCUT2D eigenvalue weighted by Gasteiger charge is -2.11. The largest absolute Gasteiger partial charge is 0.378 e. The topological polar surface area (TPSA) is 62.2 Å². The number of nitrogens with one attached hydrogen (secondary N) is 1. The summed E-state index contributed by atoms with van der Waals surface area (Å²) in [6.07, 6.45) is 1.53. The molecule has 0 spiro atoms. The summed E-state index contributed by atoms with van der Waals surface area (Å²) in [5, 5.41) is 14.6. The predicted molar refractivity (Wildman–Crippen MR) is 81.9 cm³/mol. The van der Waals surface area contributed by atoms with Gasteiger partial charge in [0, 0.05) is 23.9 Å². The Morgan fingerprint density at radius 3 is 2.90 bits per heavy atom. The Bertz CT molecular complexity index is 517. The number of rotatable bonds is 7. The Hall–Kier alpha value is -1.37. The van der Waals surface area contributed by atoms with Gasteiger partial charge in [0.25, 0.3) is 5.91 Å². The zero-order valence-electron chi connectivity index (χ0n) is 10.9. The van der Waals surface area contributed by atoms with Crippen LogP contribution in [0.2, 0.25) is 0 Å². The van der Waals surface area contributed by atoms with Crippen molar-refractivity contribution in [2.75, 3.05) is 12.3 Å². The normalized spacial score (nSPS) is 12.1. The highest BCUT2D eigenvalue weighted by Crippen LogP contribution is 2.20. The molecule has 106 valence electrons. The standard InChI is InChI=1S/C14H16N2O2S2/c17-12(11-5-2-1-3-6-11)13(18)15-7-4-9-19-14-16-8-10-20-14/h1-3,5-6,8,10,12,17H,4,7,9H2,(H,15,18). The lowest BCUT2D eigenvalue weighted by atomic mass is 10.1. The first-order valence-corrected chi connectivity index (χ1v) is 8.17. The third-order valence-electron chi connectivity index (χ3n) is 2.62. The highest BCUT2D eigenvalue weighted by Gasteiger charge is 2.15. The number of nitrogens with zero attached hydrogens (tertiary/aromatic N) is 1. The second kappa shape index (κ2) is 8.04. The predicted octanol–water partition coefficient (Wildman–Crippen LogP) is 2.48. The van der Waals surface area contributed by atoms with Gasteiger partial charge in [0.1, 0.15) is 4.34 Å². The molecule has 1 heterocycles. The highest BCUT2D eigenvalue weighted by molar-refractivity contribution is 8.00. The van der Waals surface area contributed by atoms with E-state index in [0.717, 1.165) is 16.5 Å². The molecule has 2 aromatic rings. The zero-order chi connectivity index (χ0) is 14.2. The van der Waals surface area contributed by atoms with Crippen LogP contribution in [-0.4, -0.2) is 28.3 Å². The number of hydrogen-bond donors (Lipinski definition) is 2. The number of hydrogen-bond acceptors (Lipinski definition) is 5. The molecule has 0 aliphatic rings. The number of aliphatic hydroxyl groups excluding tert-OH is 1. The maximum atomic E-state index is 11.8. The van der Waals surface area contributed by atoms with Gasteiger partial charge in [-0.15, -0.1) is 11.3 Å². The SMILES string of the molecule is O=C(NCCCSc1nccs1)C(O)c1ccccc1. The molecule has 4 nitrogen and oxygen atoms in total. The number of thioether (sulfide) groups is 1. The molecule has 2 rings (SSSR count). The third kappa shape index (κ3) is 4.63. The number of amides is 1. The Morgan fingerprint density at radius 2 is 2.20 bits per heavy atom. The van der Waals surface area contributed by atoms with Gasteiger partial charge in [0.05, 0.1) is 0 Å². The van der Waals surface area contributed by atoms with Crippen LogP contribution >= 0.6 is 23.1 Å². The van der Waals surface area contributed by atoms with Crippen LogP contribution in [0.5, 0.6) is 0 Å². The summed E-state index contributed by atoms with van der Waals surface area (Å²) in [6, 6.07) is 8.93. The van der Waals surface area contributed by atoms with Gasteiger partial charge in [-0.3, -0.25) is 4.79 Å². The van der Waals surface area contributed by atoms with E-state index in [1.54, 1.807) is 53.6 Å². The number of thiazole rings is 1. The second-order valence-corrected chi connectivity index (χ2v) is 6.34. The van der Waals surface area contributed by atoms with Crippen LogP contribution < -0.4 is 5.32 Å². The molecule has 0 saturated heterocycles. The van der Waals surface area contributed by atoms with Crippen LogP contribution in [0.4, 0.5) is 0 Å². The molecule has 0 bridgehead atoms. The monoisotopic (exact) mass is 308 g/mol. The second-order valence-electron chi connectivity index (χ2n) is 4.10. The number of aliphatic hydroxyl groups is 1. The van der Waals surface area contributed by atoms with Crippen LogP contribution in [0.25, 0.3) is 0 Å². The number of aromatic nitrogens is 1. The molecule has 1 atom stereocenters. The van der Waals surface area contributed by atoms with Gasteiger partial charge in [-0.2, -0.15) is 0 Å². The van der Waals surface area contributed by atoms with Gasteiger partial charge < -0.3 is 10.4 Å². The molecule has 0 radical (unpaired) electrons. The lowest BCUT2D eigenvalue weighted by Crippen LogP contribution is -2.30. The highest BCUT2D eigenvalue weighted by atomic mass is 32.2.